The summed E-state index contributed by atoms with van der Waals surface area (Å²) < 4.78 is 5.18. The molecule has 0 N–H and O–H groups in total. The highest BCUT2D eigenvalue weighted by atomic mass is 16.5. The molecule has 0 aliphatic carbocycles. The quantitative estimate of drug-likeness (QED) is 0.843. The van der Waals surface area contributed by atoms with Crippen LogP contribution in [0, 0.1) is 32.1 Å². The minimum atomic E-state index is 0.103. The zero-order valence-electron chi connectivity index (χ0n) is 12.4. The first-order valence-electron chi connectivity index (χ1n) is 7.05. The van der Waals surface area contributed by atoms with Crippen LogP contribution < -0.4 is 4.90 Å². The number of hydrogen-bond donors (Lipinski definition) is 0. The van der Waals surface area contributed by atoms with Crippen LogP contribution >= 0.6 is 0 Å². The van der Waals surface area contributed by atoms with Gasteiger partial charge in [-0.25, -0.2) is 0 Å². The summed E-state index contributed by atoms with van der Waals surface area (Å²) in [5.41, 5.74) is 3.19. The number of hydrogen-bond acceptors (Lipinski definition) is 6. The lowest BCUT2D eigenvalue weighted by Gasteiger charge is -2.25. The first-order chi connectivity index (χ1) is 10.1. The predicted molar refractivity (Wildman–Crippen MR) is 76.8 cm³/mol. The van der Waals surface area contributed by atoms with E-state index in [0.29, 0.717) is 11.4 Å². The van der Waals surface area contributed by atoms with E-state index in [1.54, 1.807) is 0 Å². The molecule has 1 saturated heterocycles. The van der Waals surface area contributed by atoms with Crippen LogP contribution in [0.3, 0.4) is 0 Å². The Bertz CT molecular complexity index is 715. The molecule has 2 aromatic heterocycles. The Morgan fingerprint density at radius 2 is 2.14 bits per heavy atom. The third-order valence-electron chi connectivity index (χ3n) is 4.06. The average Bonchev–Trinajstić information content (AvgIpc) is 3.10. The molecule has 6 heteroatoms. The molecule has 0 radical (unpaired) electrons. The predicted octanol–water partition coefficient (Wildman–Crippen LogP) is 2.60. The van der Waals surface area contributed by atoms with E-state index in [0.717, 1.165) is 42.1 Å². The number of rotatable bonds is 2. The molecule has 0 unspecified atom stereocenters. The molecular formula is C15H17N5O. The van der Waals surface area contributed by atoms with Crippen LogP contribution in [0.2, 0.25) is 0 Å². The Hall–Kier alpha value is -2.42. The van der Waals surface area contributed by atoms with Crippen molar-refractivity contribution in [2.75, 3.05) is 11.4 Å². The van der Waals surface area contributed by atoms with Crippen molar-refractivity contribution < 1.29 is 4.52 Å². The topological polar surface area (TPSA) is 78.8 Å². The standard InChI is InChI=1S/C15H17N5O/c1-9-7-13(19-21-9)14-5-4-6-20(14)15-12(8-16)10(2)11(3)17-18-15/h7,14H,4-6H2,1-3H3/t14-/m0/s1. The molecule has 3 heterocycles. The molecular weight excluding hydrogens is 266 g/mol. The second-order valence-corrected chi connectivity index (χ2v) is 5.43. The van der Waals surface area contributed by atoms with Crippen LogP contribution in [0.4, 0.5) is 5.82 Å². The normalized spacial score (nSPS) is 18.0. The van der Waals surface area contributed by atoms with Crippen molar-refractivity contribution >= 4 is 5.82 Å². The number of aryl methyl sites for hydroxylation is 2. The first kappa shape index (κ1) is 13.6. The molecule has 108 valence electrons. The smallest absolute Gasteiger partial charge is 0.170 e. The molecule has 6 nitrogen and oxygen atoms in total. The Kier molecular flexibility index (Phi) is 3.34. The summed E-state index contributed by atoms with van der Waals surface area (Å²) >= 11 is 0. The highest BCUT2D eigenvalue weighted by Gasteiger charge is 2.32. The van der Waals surface area contributed by atoms with Gasteiger partial charge in [0.15, 0.2) is 5.82 Å². The van der Waals surface area contributed by atoms with Gasteiger partial charge in [0.05, 0.1) is 11.7 Å². The fraction of sp³-hybridized carbons (Fsp3) is 0.467. The van der Waals surface area contributed by atoms with Crippen LogP contribution in [0.15, 0.2) is 10.6 Å². The van der Waals surface area contributed by atoms with Crippen molar-refractivity contribution in [1.82, 2.24) is 15.4 Å². The lowest BCUT2D eigenvalue weighted by Crippen LogP contribution is -2.25. The Morgan fingerprint density at radius 1 is 1.33 bits per heavy atom. The average molecular weight is 283 g/mol. The van der Waals surface area contributed by atoms with Gasteiger partial charge in [0.25, 0.3) is 0 Å². The van der Waals surface area contributed by atoms with E-state index >= 15 is 0 Å². The summed E-state index contributed by atoms with van der Waals surface area (Å²) in [7, 11) is 0. The van der Waals surface area contributed by atoms with Gasteiger partial charge in [-0.3, -0.25) is 0 Å². The van der Waals surface area contributed by atoms with Crippen molar-refractivity contribution in [3.05, 3.63) is 34.3 Å². The molecule has 2 aromatic rings. The van der Waals surface area contributed by atoms with Crippen molar-refractivity contribution in [3.63, 3.8) is 0 Å². The first-order valence-corrected chi connectivity index (χ1v) is 7.05. The summed E-state index contributed by atoms with van der Waals surface area (Å²) in [6, 6.07) is 4.32. The van der Waals surface area contributed by atoms with Crippen LogP contribution in [0.5, 0.6) is 0 Å². The monoisotopic (exact) mass is 283 g/mol. The Labute approximate surface area is 123 Å². The van der Waals surface area contributed by atoms with E-state index in [1.807, 2.05) is 26.8 Å². The van der Waals surface area contributed by atoms with Gasteiger partial charge in [0.1, 0.15) is 23.1 Å². The molecule has 0 aromatic carbocycles. The molecule has 0 spiro atoms. The van der Waals surface area contributed by atoms with E-state index < -0.39 is 0 Å². The van der Waals surface area contributed by atoms with Crippen molar-refractivity contribution in [2.24, 2.45) is 0 Å². The Balaban J connectivity index is 2.04. The van der Waals surface area contributed by atoms with Gasteiger partial charge in [-0.05, 0) is 39.2 Å². The zero-order chi connectivity index (χ0) is 15.0. The molecule has 21 heavy (non-hydrogen) atoms. The number of anilines is 1. The molecule has 1 atom stereocenters. The summed E-state index contributed by atoms with van der Waals surface area (Å²) in [5, 5.41) is 22.0. The third-order valence-corrected chi connectivity index (χ3v) is 4.06. The maximum atomic E-state index is 9.47. The second kappa shape index (κ2) is 5.17. The lowest BCUT2D eigenvalue weighted by atomic mass is 10.1. The van der Waals surface area contributed by atoms with Gasteiger partial charge in [0.2, 0.25) is 0 Å². The highest BCUT2D eigenvalue weighted by molar-refractivity contribution is 5.59. The van der Waals surface area contributed by atoms with E-state index in [9.17, 15) is 5.26 Å². The summed E-state index contributed by atoms with van der Waals surface area (Å²) in [6.45, 7) is 6.52. The number of aromatic nitrogens is 3. The van der Waals surface area contributed by atoms with E-state index in [1.165, 1.54) is 0 Å². The largest absolute Gasteiger partial charge is 0.361 e. The maximum Gasteiger partial charge on any atom is 0.170 e. The van der Waals surface area contributed by atoms with Gasteiger partial charge >= 0.3 is 0 Å². The van der Waals surface area contributed by atoms with Gasteiger partial charge < -0.3 is 9.42 Å². The third kappa shape index (κ3) is 2.25. The SMILES string of the molecule is Cc1cc([C@@H]2CCCN2c2nnc(C)c(C)c2C#N)no1. The molecule has 1 aliphatic heterocycles. The maximum absolute atomic E-state index is 9.47. The molecule has 0 saturated carbocycles. The molecule has 0 bridgehead atoms. The molecule has 3 rings (SSSR count). The summed E-state index contributed by atoms with van der Waals surface area (Å²) in [4.78, 5) is 2.12. The molecule has 1 aliphatic rings. The van der Waals surface area contributed by atoms with Crippen molar-refractivity contribution in [2.45, 2.75) is 39.7 Å². The molecule has 0 amide bonds. The van der Waals surface area contributed by atoms with Gasteiger partial charge in [-0.15, -0.1) is 5.10 Å². The van der Waals surface area contributed by atoms with E-state index in [2.05, 4.69) is 26.3 Å². The highest BCUT2D eigenvalue weighted by Crippen LogP contribution is 2.36. The van der Waals surface area contributed by atoms with Crippen LogP contribution in [0.1, 0.15) is 47.2 Å². The zero-order valence-corrected chi connectivity index (χ0v) is 12.4. The molecule has 1 fully saturated rings. The minimum Gasteiger partial charge on any atom is -0.361 e. The number of nitriles is 1. The summed E-state index contributed by atoms with van der Waals surface area (Å²) in [6.07, 6.45) is 2.02. The van der Waals surface area contributed by atoms with E-state index in [-0.39, 0.29) is 6.04 Å². The van der Waals surface area contributed by atoms with Gasteiger partial charge in [-0.2, -0.15) is 10.4 Å². The lowest BCUT2D eigenvalue weighted by molar-refractivity contribution is 0.385. The fourth-order valence-electron chi connectivity index (χ4n) is 2.80. The van der Waals surface area contributed by atoms with Crippen LogP contribution in [-0.4, -0.2) is 21.9 Å². The second-order valence-electron chi connectivity index (χ2n) is 5.43. The van der Waals surface area contributed by atoms with Crippen LogP contribution in [0.25, 0.3) is 0 Å². The summed E-state index contributed by atoms with van der Waals surface area (Å²) in [5.74, 6) is 1.45. The van der Waals surface area contributed by atoms with Crippen molar-refractivity contribution in [1.29, 1.82) is 5.26 Å². The van der Waals surface area contributed by atoms with Gasteiger partial charge in [-0.1, -0.05) is 5.16 Å². The van der Waals surface area contributed by atoms with Gasteiger partial charge in [0, 0.05) is 12.6 Å². The van der Waals surface area contributed by atoms with Crippen molar-refractivity contribution in [3.8, 4) is 6.07 Å². The number of nitrogens with zero attached hydrogens (tertiary/aromatic N) is 5. The Morgan fingerprint density at radius 3 is 2.81 bits per heavy atom. The van der Waals surface area contributed by atoms with Crippen LogP contribution in [-0.2, 0) is 0 Å². The minimum absolute atomic E-state index is 0.103. The fourth-order valence-corrected chi connectivity index (χ4v) is 2.80. The van der Waals surface area contributed by atoms with E-state index in [4.69, 9.17) is 4.52 Å².